The number of oxazole rings is 1. The molecule has 0 aliphatic heterocycles. The molecule has 4 rings (SSSR count). The fourth-order valence-corrected chi connectivity index (χ4v) is 3.78. The monoisotopic (exact) mass is 407 g/mol. The molecule has 0 saturated carbocycles. The number of amides is 1. The van der Waals surface area contributed by atoms with Gasteiger partial charge in [0, 0.05) is 10.9 Å². The predicted octanol–water partition coefficient (Wildman–Crippen LogP) is 5.20. The Morgan fingerprint density at radius 1 is 1.24 bits per heavy atom. The highest BCUT2D eigenvalue weighted by molar-refractivity contribution is 7.14. The van der Waals surface area contributed by atoms with Crippen LogP contribution in [-0.4, -0.2) is 22.0 Å². The van der Waals surface area contributed by atoms with E-state index in [2.05, 4.69) is 15.1 Å². The van der Waals surface area contributed by atoms with Crippen molar-refractivity contribution in [3.8, 4) is 10.4 Å². The molecule has 1 amide bonds. The van der Waals surface area contributed by atoms with Gasteiger partial charge in [-0.25, -0.2) is 19.0 Å². The molecule has 0 spiro atoms. The van der Waals surface area contributed by atoms with Crippen LogP contribution in [0.4, 0.5) is 15.8 Å². The lowest BCUT2D eigenvalue weighted by Gasteiger charge is -2.06. The van der Waals surface area contributed by atoms with Crippen LogP contribution in [0.3, 0.4) is 0 Å². The second-order valence-corrected chi connectivity index (χ2v) is 6.76. The summed E-state index contributed by atoms with van der Waals surface area (Å²) in [6, 6.07) is 10.6. The summed E-state index contributed by atoms with van der Waals surface area (Å²) in [5.41, 5.74) is 0.784. The number of rotatable bonds is 4. The van der Waals surface area contributed by atoms with Crippen molar-refractivity contribution in [3.05, 3.63) is 76.5 Å². The molecule has 9 heteroatoms. The molecule has 0 radical (unpaired) electrons. The van der Waals surface area contributed by atoms with Crippen molar-refractivity contribution in [2.45, 2.75) is 0 Å². The summed E-state index contributed by atoms with van der Waals surface area (Å²) in [5, 5.41) is 13.5. The molecule has 2 aromatic carbocycles. The normalized spacial score (nSPS) is 10.6. The molecule has 0 bridgehead atoms. The van der Waals surface area contributed by atoms with Gasteiger partial charge in [-0.2, -0.15) is 0 Å². The van der Waals surface area contributed by atoms with Crippen molar-refractivity contribution in [2.24, 2.45) is 0 Å². The summed E-state index contributed by atoms with van der Waals surface area (Å²) >= 11 is 0.963. The minimum atomic E-state index is -1.33. The van der Waals surface area contributed by atoms with Gasteiger partial charge in [-0.05, 0) is 18.2 Å². The number of hydrogen-bond acceptors (Lipinski definition) is 5. The fourth-order valence-electron chi connectivity index (χ4n) is 2.76. The van der Waals surface area contributed by atoms with Gasteiger partial charge in [0.25, 0.3) is 5.89 Å². The molecule has 4 aromatic rings. The third-order valence-corrected chi connectivity index (χ3v) is 5.08. The van der Waals surface area contributed by atoms with Gasteiger partial charge in [0.05, 0.1) is 17.1 Å². The van der Waals surface area contributed by atoms with Crippen LogP contribution in [0, 0.1) is 12.4 Å². The van der Waals surface area contributed by atoms with Gasteiger partial charge in [0.1, 0.15) is 16.9 Å². The van der Waals surface area contributed by atoms with E-state index in [1.807, 2.05) is 0 Å². The van der Waals surface area contributed by atoms with E-state index in [1.54, 1.807) is 24.3 Å². The van der Waals surface area contributed by atoms with Crippen LogP contribution in [0.25, 0.3) is 26.4 Å². The number of carboxylic acid groups (broad SMARTS) is 1. The molecule has 2 aromatic heterocycles. The Labute approximate surface area is 166 Å². The van der Waals surface area contributed by atoms with Gasteiger partial charge in [0.15, 0.2) is 11.3 Å². The highest BCUT2D eigenvalue weighted by Gasteiger charge is 2.24. The zero-order valence-corrected chi connectivity index (χ0v) is 15.3. The first kappa shape index (κ1) is 18.3. The van der Waals surface area contributed by atoms with Gasteiger partial charge >= 0.3 is 11.9 Å². The second-order valence-electron chi connectivity index (χ2n) is 5.88. The Balaban J connectivity index is 1.71. The average Bonchev–Trinajstić information content (AvgIpc) is 3.32. The molecule has 0 unspecified atom stereocenters. The van der Waals surface area contributed by atoms with Crippen LogP contribution in [-0.2, 0) is 0 Å². The largest absolute Gasteiger partial charge is 0.478 e. The van der Waals surface area contributed by atoms with Gasteiger partial charge in [0.2, 0.25) is 0 Å². The zero-order valence-electron chi connectivity index (χ0n) is 14.5. The zero-order chi connectivity index (χ0) is 20.5. The minimum absolute atomic E-state index is 0.00147. The summed E-state index contributed by atoms with van der Waals surface area (Å²) in [4.78, 5) is 31.6. The molecule has 0 fully saturated rings. The highest BCUT2D eigenvalue weighted by Crippen LogP contribution is 2.38. The summed E-state index contributed by atoms with van der Waals surface area (Å²) in [6.45, 7) is 6.93. The van der Waals surface area contributed by atoms with Gasteiger partial charge in [-0.1, -0.05) is 24.3 Å². The number of benzene rings is 2. The van der Waals surface area contributed by atoms with E-state index in [-0.39, 0.29) is 33.3 Å². The molecule has 29 heavy (non-hydrogen) atoms. The number of carboxylic acids is 1. The molecule has 0 atom stereocenters. The number of aromatic nitrogens is 1. The summed E-state index contributed by atoms with van der Waals surface area (Å²) < 4.78 is 19.8. The lowest BCUT2D eigenvalue weighted by atomic mass is 10.1. The number of para-hydroxylation sites is 2. The van der Waals surface area contributed by atoms with Crippen LogP contribution in [0.5, 0.6) is 0 Å². The number of carbonyl (C=O) groups is 2. The highest BCUT2D eigenvalue weighted by atomic mass is 32.1. The Bertz CT molecular complexity index is 1290. The topological polar surface area (TPSA) is 96.8 Å². The van der Waals surface area contributed by atoms with Crippen molar-refractivity contribution in [2.75, 3.05) is 5.32 Å². The maximum absolute atomic E-state index is 14.4. The van der Waals surface area contributed by atoms with E-state index < -0.39 is 17.7 Å². The predicted molar refractivity (Wildman–Crippen MR) is 105 cm³/mol. The number of fused-ring (bicyclic) bond motifs is 1. The van der Waals surface area contributed by atoms with Crippen molar-refractivity contribution in [3.63, 3.8) is 0 Å². The molecule has 2 heterocycles. The standard InChI is InChI=1S/C20H10FN3O4S/c1-22-10-6-7-11(12(21)8-10)17-16(20(26)27)14(9-29-17)23-18(25)19-24-13-4-2-3-5-15(13)28-19/h2-9H,(H,23,25)(H,26,27). The molecule has 0 aliphatic rings. The number of carbonyl (C=O) groups excluding carboxylic acids is 1. The van der Waals surface area contributed by atoms with E-state index >= 15 is 0 Å². The van der Waals surface area contributed by atoms with Crippen LogP contribution < -0.4 is 5.32 Å². The Hall–Kier alpha value is -4.03. The van der Waals surface area contributed by atoms with Gasteiger partial charge < -0.3 is 14.8 Å². The van der Waals surface area contributed by atoms with Crippen molar-refractivity contribution < 1.29 is 23.5 Å². The Kier molecular flexibility index (Phi) is 4.54. The average molecular weight is 407 g/mol. The van der Waals surface area contributed by atoms with Gasteiger partial charge in [-0.3, -0.25) is 4.79 Å². The SMILES string of the molecule is [C-]#[N+]c1ccc(-c2scc(NC(=O)c3nc4ccccc4o3)c2C(=O)O)c(F)c1. The lowest BCUT2D eigenvalue weighted by Crippen LogP contribution is -2.14. The van der Waals surface area contributed by atoms with E-state index in [0.717, 1.165) is 17.4 Å². The van der Waals surface area contributed by atoms with Crippen LogP contribution in [0.1, 0.15) is 21.0 Å². The van der Waals surface area contributed by atoms with E-state index in [0.29, 0.717) is 11.1 Å². The molecule has 2 N–H and O–H groups in total. The first-order valence-electron chi connectivity index (χ1n) is 8.17. The number of nitrogens with zero attached hydrogens (tertiary/aromatic N) is 2. The Morgan fingerprint density at radius 2 is 2.03 bits per heavy atom. The lowest BCUT2D eigenvalue weighted by molar-refractivity contribution is 0.0699. The maximum atomic E-state index is 14.4. The molecule has 0 aliphatic carbocycles. The number of aromatic carboxylic acids is 1. The maximum Gasteiger partial charge on any atom is 0.339 e. The first-order chi connectivity index (χ1) is 14.0. The van der Waals surface area contributed by atoms with Crippen LogP contribution in [0.15, 0.2) is 52.3 Å². The fraction of sp³-hybridized carbons (Fsp3) is 0. The minimum Gasteiger partial charge on any atom is -0.478 e. The molecule has 142 valence electrons. The number of halogens is 1. The van der Waals surface area contributed by atoms with E-state index in [4.69, 9.17) is 11.0 Å². The molecular weight excluding hydrogens is 397 g/mol. The number of thiophene rings is 1. The smallest absolute Gasteiger partial charge is 0.339 e. The van der Waals surface area contributed by atoms with Gasteiger partial charge in [-0.15, -0.1) is 11.3 Å². The molecule has 7 nitrogen and oxygen atoms in total. The van der Waals surface area contributed by atoms with Crippen molar-refractivity contribution in [1.29, 1.82) is 0 Å². The van der Waals surface area contributed by atoms with Crippen LogP contribution in [0.2, 0.25) is 0 Å². The Morgan fingerprint density at radius 3 is 2.72 bits per heavy atom. The third-order valence-electron chi connectivity index (χ3n) is 4.07. The summed E-state index contributed by atoms with van der Waals surface area (Å²) in [6.07, 6.45) is 0. The summed E-state index contributed by atoms with van der Waals surface area (Å²) in [7, 11) is 0. The first-order valence-corrected chi connectivity index (χ1v) is 9.05. The van der Waals surface area contributed by atoms with Crippen molar-refractivity contribution in [1.82, 2.24) is 4.98 Å². The van der Waals surface area contributed by atoms with E-state index in [9.17, 15) is 19.1 Å². The van der Waals surface area contributed by atoms with Crippen molar-refractivity contribution >= 4 is 45.7 Å². The third kappa shape index (κ3) is 3.33. The quantitative estimate of drug-likeness (QED) is 0.454. The molecule has 0 saturated heterocycles. The molecular formula is C20H10FN3O4S. The summed E-state index contributed by atoms with van der Waals surface area (Å²) in [5.74, 6) is -3.00. The number of anilines is 1. The number of hydrogen-bond donors (Lipinski definition) is 2. The van der Waals surface area contributed by atoms with Crippen LogP contribution >= 0.6 is 11.3 Å². The number of nitrogens with one attached hydrogen (secondary N) is 1. The second kappa shape index (κ2) is 7.18. The van der Waals surface area contributed by atoms with E-state index in [1.165, 1.54) is 17.5 Å².